The molecule has 1 aliphatic heterocycles. The highest BCUT2D eigenvalue weighted by molar-refractivity contribution is 5.79. The maximum Gasteiger partial charge on any atom is 0.306 e. The van der Waals surface area contributed by atoms with E-state index >= 15 is 0 Å². The number of carbonyl (C=O) groups is 1. The SMILES string of the molecule is CCOC(=O)CCc1ccc2c(cnn2C2CCCCO2)c1. The van der Waals surface area contributed by atoms with Crippen molar-refractivity contribution in [2.24, 2.45) is 0 Å². The number of benzene rings is 1. The lowest BCUT2D eigenvalue weighted by Gasteiger charge is -2.23. The third-order valence-electron chi connectivity index (χ3n) is 4.01. The average molecular weight is 302 g/mol. The van der Waals surface area contributed by atoms with Gasteiger partial charge in [0.05, 0.1) is 18.3 Å². The summed E-state index contributed by atoms with van der Waals surface area (Å²) < 4.78 is 12.7. The molecule has 1 aromatic heterocycles. The standard InChI is InChI=1S/C17H22N2O3/c1-2-21-17(20)9-7-13-6-8-15-14(11-13)12-18-19(15)16-5-3-4-10-22-16/h6,8,11-12,16H,2-5,7,9-10H2,1H3. The van der Waals surface area contributed by atoms with Crippen LogP contribution in [0.15, 0.2) is 24.4 Å². The smallest absolute Gasteiger partial charge is 0.306 e. The summed E-state index contributed by atoms with van der Waals surface area (Å²) in [4.78, 5) is 11.4. The lowest BCUT2D eigenvalue weighted by Crippen LogP contribution is -2.18. The monoisotopic (exact) mass is 302 g/mol. The molecule has 0 N–H and O–H groups in total. The van der Waals surface area contributed by atoms with Crippen molar-refractivity contribution in [3.63, 3.8) is 0 Å². The number of carbonyl (C=O) groups excluding carboxylic acids is 1. The van der Waals surface area contributed by atoms with Crippen molar-refractivity contribution in [2.45, 2.75) is 45.3 Å². The molecular weight excluding hydrogens is 280 g/mol. The summed E-state index contributed by atoms with van der Waals surface area (Å²) >= 11 is 0. The Morgan fingerprint density at radius 2 is 2.36 bits per heavy atom. The third kappa shape index (κ3) is 3.30. The zero-order chi connectivity index (χ0) is 15.4. The van der Waals surface area contributed by atoms with Gasteiger partial charge in [-0.15, -0.1) is 0 Å². The van der Waals surface area contributed by atoms with Crippen LogP contribution >= 0.6 is 0 Å². The van der Waals surface area contributed by atoms with E-state index in [1.807, 2.05) is 17.8 Å². The molecule has 0 radical (unpaired) electrons. The van der Waals surface area contributed by atoms with Gasteiger partial charge in [-0.1, -0.05) is 6.07 Å². The van der Waals surface area contributed by atoms with Crippen molar-refractivity contribution in [3.05, 3.63) is 30.0 Å². The van der Waals surface area contributed by atoms with Gasteiger partial charge in [0.15, 0.2) is 6.23 Å². The van der Waals surface area contributed by atoms with Crippen molar-refractivity contribution in [3.8, 4) is 0 Å². The van der Waals surface area contributed by atoms with E-state index < -0.39 is 0 Å². The van der Waals surface area contributed by atoms with Crippen molar-refractivity contribution >= 4 is 16.9 Å². The Hall–Kier alpha value is -1.88. The predicted octanol–water partition coefficient (Wildman–Crippen LogP) is 3.23. The Morgan fingerprint density at radius 3 is 3.14 bits per heavy atom. The average Bonchev–Trinajstić information content (AvgIpc) is 2.97. The summed E-state index contributed by atoms with van der Waals surface area (Å²) in [7, 11) is 0. The van der Waals surface area contributed by atoms with Crippen LogP contribution in [0.3, 0.4) is 0 Å². The second kappa shape index (κ2) is 6.92. The number of hydrogen-bond donors (Lipinski definition) is 0. The van der Waals surface area contributed by atoms with Crippen LogP contribution in [0.25, 0.3) is 10.9 Å². The van der Waals surface area contributed by atoms with Crippen LogP contribution in [0.4, 0.5) is 0 Å². The lowest BCUT2D eigenvalue weighted by atomic mass is 10.1. The number of aryl methyl sites for hydroxylation is 1. The molecule has 5 nitrogen and oxygen atoms in total. The molecule has 22 heavy (non-hydrogen) atoms. The van der Waals surface area contributed by atoms with E-state index in [4.69, 9.17) is 9.47 Å². The van der Waals surface area contributed by atoms with E-state index in [0.29, 0.717) is 19.4 Å². The summed E-state index contributed by atoms with van der Waals surface area (Å²) in [5, 5.41) is 5.58. The number of esters is 1. The minimum atomic E-state index is -0.145. The second-order valence-electron chi connectivity index (χ2n) is 5.61. The number of aromatic nitrogens is 2. The summed E-state index contributed by atoms with van der Waals surface area (Å²) in [6, 6.07) is 6.23. The number of nitrogens with zero attached hydrogens (tertiary/aromatic N) is 2. The normalized spacial score (nSPS) is 18.5. The Kier molecular flexibility index (Phi) is 4.73. The topological polar surface area (TPSA) is 53.3 Å². The van der Waals surface area contributed by atoms with E-state index in [2.05, 4.69) is 23.3 Å². The Morgan fingerprint density at radius 1 is 1.45 bits per heavy atom. The van der Waals surface area contributed by atoms with Crippen molar-refractivity contribution < 1.29 is 14.3 Å². The van der Waals surface area contributed by atoms with Crippen LogP contribution in [0.2, 0.25) is 0 Å². The van der Waals surface area contributed by atoms with E-state index in [9.17, 15) is 4.79 Å². The molecule has 3 rings (SSSR count). The largest absolute Gasteiger partial charge is 0.466 e. The zero-order valence-corrected chi connectivity index (χ0v) is 13.0. The van der Waals surface area contributed by atoms with Gasteiger partial charge in [-0.25, -0.2) is 4.68 Å². The summed E-state index contributed by atoms with van der Waals surface area (Å²) in [6.07, 6.45) is 6.37. The highest BCUT2D eigenvalue weighted by Crippen LogP contribution is 2.26. The molecule has 0 aliphatic carbocycles. The maximum atomic E-state index is 11.4. The first kappa shape index (κ1) is 15.0. The van der Waals surface area contributed by atoms with Crippen molar-refractivity contribution in [2.75, 3.05) is 13.2 Å². The van der Waals surface area contributed by atoms with Gasteiger partial charge in [-0.3, -0.25) is 4.79 Å². The van der Waals surface area contributed by atoms with Gasteiger partial charge in [0.25, 0.3) is 0 Å². The van der Waals surface area contributed by atoms with Crippen molar-refractivity contribution in [1.29, 1.82) is 0 Å². The Bertz CT molecular complexity index is 644. The lowest BCUT2D eigenvalue weighted by molar-refractivity contribution is -0.143. The summed E-state index contributed by atoms with van der Waals surface area (Å²) in [5.74, 6) is -0.145. The van der Waals surface area contributed by atoms with Gasteiger partial charge >= 0.3 is 5.97 Å². The van der Waals surface area contributed by atoms with Crippen molar-refractivity contribution in [1.82, 2.24) is 9.78 Å². The van der Waals surface area contributed by atoms with Crippen LogP contribution in [-0.4, -0.2) is 29.0 Å². The fraction of sp³-hybridized carbons (Fsp3) is 0.529. The van der Waals surface area contributed by atoms with Gasteiger partial charge in [0, 0.05) is 18.4 Å². The minimum Gasteiger partial charge on any atom is -0.466 e. The molecule has 0 spiro atoms. The molecule has 5 heteroatoms. The molecule has 2 aromatic rings. The first-order valence-corrected chi connectivity index (χ1v) is 8.01. The van der Waals surface area contributed by atoms with Crippen LogP contribution < -0.4 is 0 Å². The highest BCUT2D eigenvalue weighted by atomic mass is 16.5. The van der Waals surface area contributed by atoms with Crippen LogP contribution in [0.1, 0.15) is 44.4 Å². The molecule has 0 bridgehead atoms. The number of fused-ring (bicyclic) bond motifs is 1. The van der Waals surface area contributed by atoms with Crippen LogP contribution in [0.5, 0.6) is 0 Å². The van der Waals surface area contributed by atoms with Gasteiger partial charge < -0.3 is 9.47 Å². The van der Waals surface area contributed by atoms with Gasteiger partial charge in [-0.05, 0) is 50.3 Å². The zero-order valence-electron chi connectivity index (χ0n) is 13.0. The van der Waals surface area contributed by atoms with E-state index in [1.54, 1.807) is 0 Å². The van der Waals surface area contributed by atoms with Crippen LogP contribution in [0, 0.1) is 0 Å². The fourth-order valence-corrected chi connectivity index (χ4v) is 2.88. The molecule has 118 valence electrons. The van der Waals surface area contributed by atoms with Crippen LogP contribution in [-0.2, 0) is 20.7 Å². The molecule has 1 atom stereocenters. The quantitative estimate of drug-likeness (QED) is 0.796. The van der Waals surface area contributed by atoms with Gasteiger partial charge in [0.1, 0.15) is 0 Å². The summed E-state index contributed by atoms with van der Waals surface area (Å²) in [6.45, 7) is 3.07. The summed E-state index contributed by atoms with van der Waals surface area (Å²) in [5.41, 5.74) is 2.22. The van der Waals surface area contributed by atoms with Gasteiger partial charge in [0.2, 0.25) is 0 Å². The molecule has 2 heterocycles. The van der Waals surface area contributed by atoms with E-state index in [-0.39, 0.29) is 12.2 Å². The number of ether oxygens (including phenoxy) is 2. The second-order valence-corrected chi connectivity index (χ2v) is 5.61. The Labute approximate surface area is 130 Å². The fourth-order valence-electron chi connectivity index (χ4n) is 2.88. The number of rotatable bonds is 5. The highest BCUT2D eigenvalue weighted by Gasteiger charge is 2.18. The molecule has 1 aromatic carbocycles. The molecule has 1 aliphatic rings. The molecule has 1 saturated heterocycles. The van der Waals surface area contributed by atoms with Gasteiger partial charge in [-0.2, -0.15) is 5.10 Å². The number of hydrogen-bond acceptors (Lipinski definition) is 4. The first-order valence-electron chi connectivity index (χ1n) is 8.01. The predicted molar refractivity (Wildman–Crippen MR) is 83.5 cm³/mol. The maximum absolute atomic E-state index is 11.4. The Balaban J connectivity index is 1.73. The molecule has 1 fully saturated rings. The molecular formula is C17H22N2O3. The van der Waals surface area contributed by atoms with E-state index in [1.165, 1.54) is 6.42 Å². The first-order chi connectivity index (χ1) is 10.8. The minimum absolute atomic E-state index is 0.0524. The molecule has 1 unspecified atom stereocenters. The van der Waals surface area contributed by atoms with E-state index in [0.717, 1.165) is 35.9 Å². The third-order valence-corrected chi connectivity index (χ3v) is 4.01. The molecule has 0 amide bonds. The molecule has 0 saturated carbocycles.